The van der Waals surface area contributed by atoms with Crippen molar-refractivity contribution in [3.63, 3.8) is 0 Å². The molecule has 0 aromatic heterocycles. The topological polar surface area (TPSA) is 109 Å². The molecule has 0 aliphatic rings. The summed E-state index contributed by atoms with van der Waals surface area (Å²) < 4.78 is 52.1. The molecule has 2 rings (SSSR count). The minimum absolute atomic E-state index is 0.301. The molecule has 0 fully saturated rings. The number of hydrogen-bond donors (Lipinski definition) is 2. The average molecular weight is 368 g/mol. The average Bonchev–Trinajstić information content (AvgIpc) is 2.46. The lowest BCUT2D eigenvalue weighted by Gasteiger charge is -2.09. The van der Waals surface area contributed by atoms with Gasteiger partial charge in [0.25, 0.3) is 0 Å². The largest absolute Gasteiger partial charge is 0.297 e. The molecule has 0 unspecified atom stereocenters. The molecule has 2 aromatic carbocycles. The van der Waals surface area contributed by atoms with Crippen molar-refractivity contribution < 1.29 is 21.6 Å². The molecule has 9 heteroatoms. The highest BCUT2D eigenvalue weighted by atomic mass is 32.2. The summed E-state index contributed by atoms with van der Waals surface area (Å²) in [5.74, 6) is -2.77. The van der Waals surface area contributed by atoms with E-state index in [-0.39, 0.29) is 0 Å². The lowest BCUT2D eigenvalue weighted by atomic mass is 10.3. The molecular formula is C15H16N2O5S2. The predicted octanol–water partition coefficient (Wildman–Crippen LogP) is 1.44. The molecule has 0 spiro atoms. The zero-order valence-corrected chi connectivity index (χ0v) is 14.2. The van der Waals surface area contributed by atoms with Crippen molar-refractivity contribution in [1.29, 1.82) is 0 Å². The van der Waals surface area contributed by atoms with E-state index in [2.05, 4.69) is 9.44 Å². The Morgan fingerprint density at radius 3 is 1.33 bits per heavy atom. The molecular weight excluding hydrogens is 352 g/mol. The zero-order chi connectivity index (χ0) is 17.6. The Bertz CT molecular complexity index is 820. The Balaban J connectivity index is 1.96. The number of carbonyl (C=O) groups is 1. The van der Waals surface area contributed by atoms with Crippen molar-refractivity contribution in [3.8, 4) is 0 Å². The van der Waals surface area contributed by atoms with E-state index in [1.54, 1.807) is 36.4 Å². The van der Waals surface area contributed by atoms with Gasteiger partial charge in [-0.2, -0.15) is 0 Å². The second kappa shape index (κ2) is 7.45. The third-order valence-corrected chi connectivity index (χ3v) is 5.29. The van der Waals surface area contributed by atoms with Crippen LogP contribution in [0.15, 0.2) is 60.7 Å². The second-order valence-corrected chi connectivity index (χ2v) is 8.44. The highest BCUT2D eigenvalue weighted by Gasteiger charge is 2.22. The van der Waals surface area contributed by atoms with Crippen LogP contribution in [-0.4, -0.2) is 34.1 Å². The SMILES string of the molecule is O=C(CS(=O)(=O)Nc1ccccc1)CS(=O)(=O)Nc1ccccc1. The number of ketones is 1. The first-order valence-electron chi connectivity index (χ1n) is 6.88. The number of nitrogens with one attached hydrogen (secondary N) is 2. The third-order valence-electron chi connectivity index (χ3n) is 2.80. The van der Waals surface area contributed by atoms with Gasteiger partial charge in [0.1, 0.15) is 11.5 Å². The molecule has 0 saturated carbocycles. The van der Waals surface area contributed by atoms with E-state index < -0.39 is 37.3 Å². The van der Waals surface area contributed by atoms with Gasteiger partial charge in [0.05, 0.1) is 0 Å². The molecule has 0 heterocycles. The number of para-hydroxylation sites is 2. The van der Waals surface area contributed by atoms with E-state index >= 15 is 0 Å². The van der Waals surface area contributed by atoms with Crippen molar-refractivity contribution in [2.24, 2.45) is 0 Å². The minimum atomic E-state index is -3.97. The smallest absolute Gasteiger partial charge is 0.239 e. The summed E-state index contributed by atoms with van der Waals surface area (Å²) >= 11 is 0. The van der Waals surface area contributed by atoms with Crippen molar-refractivity contribution in [3.05, 3.63) is 60.7 Å². The van der Waals surface area contributed by atoms with E-state index in [0.29, 0.717) is 11.4 Å². The van der Waals surface area contributed by atoms with Gasteiger partial charge in [0.15, 0.2) is 5.78 Å². The maximum atomic E-state index is 11.9. The van der Waals surface area contributed by atoms with Crippen LogP contribution in [0.2, 0.25) is 0 Å². The van der Waals surface area contributed by atoms with Crippen molar-refractivity contribution in [2.75, 3.05) is 20.9 Å². The predicted molar refractivity (Wildman–Crippen MR) is 92.7 cm³/mol. The van der Waals surface area contributed by atoms with Crippen LogP contribution in [0, 0.1) is 0 Å². The molecule has 0 bridgehead atoms. The van der Waals surface area contributed by atoms with Gasteiger partial charge >= 0.3 is 0 Å². The molecule has 7 nitrogen and oxygen atoms in total. The Hall–Kier alpha value is -2.39. The van der Waals surface area contributed by atoms with E-state index in [1.807, 2.05) is 0 Å². The Morgan fingerprint density at radius 1 is 0.667 bits per heavy atom. The van der Waals surface area contributed by atoms with Crippen molar-refractivity contribution >= 4 is 37.2 Å². The quantitative estimate of drug-likeness (QED) is 0.733. The normalized spacial score (nSPS) is 11.7. The lowest BCUT2D eigenvalue weighted by molar-refractivity contribution is -0.114. The summed E-state index contributed by atoms with van der Waals surface area (Å²) in [6.07, 6.45) is 0. The fourth-order valence-corrected chi connectivity index (χ4v) is 4.23. The van der Waals surface area contributed by atoms with Crippen LogP contribution in [0.5, 0.6) is 0 Å². The van der Waals surface area contributed by atoms with E-state index in [9.17, 15) is 21.6 Å². The maximum absolute atomic E-state index is 11.9. The fourth-order valence-electron chi connectivity index (χ4n) is 1.91. The summed E-state index contributed by atoms with van der Waals surface area (Å²) in [5, 5.41) is 0. The van der Waals surface area contributed by atoms with Crippen molar-refractivity contribution in [1.82, 2.24) is 0 Å². The second-order valence-electron chi connectivity index (χ2n) is 4.99. The van der Waals surface area contributed by atoms with Crippen LogP contribution in [0.25, 0.3) is 0 Å². The van der Waals surface area contributed by atoms with Gasteiger partial charge in [0, 0.05) is 11.4 Å². The monoisotopic (exact) mass is 368 g/mol. The maximum Gasteiger partial charge on any atom is 0.239 e. The first-order chi connectivity index (χ1) is 11.3. The molecule has 0 radical (unpaired) electrons. The highest BCUT2D eigenvalue weighted by Crippen LogP contribution is 2.10. The van der Waals surface area contributed by atoms with Crippen LogP contribution in [0.4, 0.5) is 11.4 Å². The van der Waals surface area contributed by atoms with Crippen LogP contribution >= 0.6 is 0 Å². The van der Waals surface area contributed by atoms with Gasteiger partial charge in [-0.25, -0.2) is 16.8 Å². The summed E-state index contributed by atoms with van der Waals surface area (Å²) in [6, 6.07) is 16.1. The molecule has 0 saturated heterocycles. The molecule has 128 valence electrons. The number of carbonyl (C=O) groups excluding carboxylic acids is 1. The lowest BCUT2D eigenvalue weighted by Crippen LogP contribution is -2.30. The van der Waals surface area contributed by atoms with Gasteiger partial charge in [0.2, 0.25) is 20.0 Å². The van der Waals surface area contributed by atoms with Gasteiger partial charge < -0.3 is 0 Å². The van der Waals surface area contributed by atoms with Gasteiger partial charge in [-0.05, 0) is 24.3 Å². The number of sulfonamides is 2. The van der Waals surface area contributed by atoms with Gasteiger partial charge in [-0.3, -0.25) is 14.2 Å². The van der Waals surface area contributed by atoms with Crippen LogP contribution in [0.1, 0.15) is 0 Å². The van der Waals surface area contributed by atoms with Gasteiger partial charge in [-0.1, -0.05) is 36.4 Å². The molecule has 0 atom stereocenters. The molecule has 2 aromatic rings. The minimum Gasteiger partial charge on any atom is -0.297 e. The molecule has 0 aliphatic heterocycles. The number of hydrogen-bond acceptors (Lipinski definition) is 5. The van der Waals surface area contributed by atoms with Crippen LogP contribution in [0.3, 0.4) is 0 Å². The Kier molecular flexibility index (Phi) is 5.58. The molecule has 24 heavy (non-hydrogen) atoms. The number of benzene rings is 2. The third kappa shape index (κ3) is 6.01. The zero-order valence-electron chi connectivity index (χ0n) is 12.5. The molecule has 0 aliphatic carbocycles. The molecule has 2 N–H and O–H groups in total. The Morgan fingerprint density at radius 2 is 1.00 bits per heavy atom. The van der Waals surface area contributed by atoms with Crippen LogP contribution < -0.4 is 9.44 Å². The van der Waals surface area contributed by atoms with E-state index in [1.165, 1.54) is 24.3 Å². The first kappa shape index (κ1) is 18.0. The summed E-state index contributed by atoms with van der Waals surface area (Å²) in [6.45, 7) is 0. The van der Waals surface area contributed by atoms with Crippen molar-refractivity contribution in [2.45, 2.75) is 0 Å². The standard InChI is InChI=1S/C15H16N2O5S2/c18-15(11-23(19,20)16-13-7-3-1-4-8-13)12-24(21,22)17-14-9-5-2-6-10-14/h1-10,16-17H,11-12H2. The summed E-state index contributed by atoms with van der Waals surface area (Å²) in [4.78, 5) is 11.8. The first-order valence-corrected chi connectivity index (χ1v) is 10.2. The highest BCUT2D eigenvalue weighted by molar-refractivity contribution is 7.95. The van der Waals surface area contributed by atoms with Gasteiger partial charge in [-0.15, -0.1) is 0 Å². The Labute approximate surface area is 140 Å². The number of anilines is 2. The fraction of sp³-hybridized carbons (Fsp3) is 0.133. The molecule has 0 amide bonds. The summed E-state index contributed by atoms with van der Waals surface area (Å²) in [7, 11) is -7.94. The number of Topliss-reactive ketones (excluding diaryl/α,β-unsaturated/α-hetero) is 1. The van der Waals surface area contributed by atoms with Crippen LogP contribution in [-0.2, 0) is 24.8 Å². The van der Waals surface area contributed by atoms with E-state index in [0.717, 1.165) is 0 Å². The summed E-state index contributed by atoms with van der Waals surface area (Å²) in [5.41, 5.74) is 0.603. The van der Waals surface area contributed by atoms with E-state index in [4.69, 9.17) is 0 Å². The number of rotatable bonds is 8.